The molecule has 1 saturated heterocycles. The van der Waals surface area contributed by atoms with Gasteiger partial charge in [-0.2, -0.15) is 0 Å². The third-order valence-corrected chi connectivity index (χ3v) is 3.64. The SMILES string of the molecule is NCC1CCNC1c1cc2cccc(O)c2[nH]1. The lowest BCUT2D eigenvalue weighted by Crippen LogP contribution is -2.23. The van der Waals surface area contributed by atoms with Gasteiger partial charge in [-0.15, -0.1) is 0 Å². The van der Waals surface area contributed by atoms with Gasteiger partial charge in [0.25, 0.3) is 0 Å². The van der Waals surface area contributed by atoms with E-state index < -0.39 is 0 Å². The molecule has 0 saturated carbocycles. The molecule has 4 nitrogen and oxygen atoms in total. The van der Waals surface area contributed by atoms with Gasteiger partial charge in [0.05, 0.1) is 11.6 Å². The van der Waals surface area contributed by atoms with Crippen LogP contribution in [0.15, 0.2) is 24.3 Å². The van der Waals surface area contributed by atoms with E-state index in [1.165, 1.54) is 0 Å². The van der Waals surface area contributed by atoms with Crippen LogP contribution in [0.2, 0.25) is 0 Å². The first-order valence-electron chi connectivity index (χ1n) is 6.03. The van der Waals surface area contributed by atoms with E-state index in [9.17, 15) is 5.11 Å². The number of fused-ring (bicyclic) bond motifs is 1. The van der Waals surface area contributed by atoms with Gasteiger partial charge in [0.15, 0.2) is 0 Å². The van der Waals surface area contributed by atoms with E-state index in [0.717, 1.165) is 29.6 Å². The van der Waals surface area contributed by atoms with Crippen LogP contribution in [-0.2, 0) is 0 Å². The highest BCUT2D eigenvalue weighted by molar-refractivity contribution is 5.85. The van der Waals surface area contributed by atoms with E-state index in [1.807, 2.05) is 12.1 Å². The fourth-order valence-corrected chi connectivity index (χ4v) is 2.70. The van der Waals surface area contributed by atoms with Crippen molar-refractivity contribution in [3.8, 4) is 5.75 Å². The van der Waals surface area contributed by atoms with Gasteiger partial charge in [-0.25, -0.2) is 0 Å². The molecule has 1 aromatic heterocycles. The second kappa shape index (κ2) is 4.05. The van der Waals surface area contributed by atoms with Crippen molar-refractivity contribution in [2.45, 2.75) is 12.5 Å². The van der Waals surface area contributed by atoms with Crippen LogP contribution in [0, 0.1) is 5.92 Å². The molecule has 2 aromatic rings. The average Bonchev–Trinajstić information content (AvgIpc) is 2.94. The van der Waals surface area contributed by atoms with Gasteiger partial charge >= 0.3 is 0 Å². The Bertz CT molecular complexity index is 534. The number of H-pyrrole nitrogens is 1. The van der Waals surface area contributed by atoms with Crippen molar-refractivity contribution in [2.24, 2.45) is 11.7 Å². The Balaban J connectivity index is 2.03. The zero-order valence-electron chi connectivity index (χ0n) is 9.61. The van der Waals surface area contributed by atoms with Crippen LogP contribution in [-0.4, -0.2) is 23.2 Å². The zero-order chi connectivity index (χ0) is 11.8. The number of aromatic nitrogens is 1. The summed E-state index contributed by atoms with van der Waals surface area (Å²) in [5, 5.41) is 14.3. The van der Waals surface area contributed by atoms with Crippen LogP contribution >= 0.6 is 0 Å². The quantitative estimate of drug-likeness (QED) is 0.632. The molecule has 17 heavy (non-hydrogen) atoms. The minimum absolute atomic E-state index is 0.284. The van der Waals surface area contributed by atoms with Crippen LogP contribution in [0.25, 0.3) is 10.9 Å². The Morgan fingerprint density at radius 3 is 3.06 bits per heavy atom. The number of rotatable bonds is 2. The van der Waals surface area contributed by atoms with E-state index in [1.54, 1.807) is 6.07 Å². The molecule has 5 N–H and O–H groups in total. The standard InChI is InChI=1S/C13H17N3O/c14-7-9-4-5-15-12(9)10-6-8-2-1-3-11(17)13(8)16-10/h1-3,6,9,12,15-17H,4-5,7,14H2. The lowest BCUT2D eigenvalue weighted by atomic mass is 9.98. The third-order valence-electron chi connectivity index (χ3n) is 3.64. The first-order chi connectivity index (χ1) is 8.29. The molecule has 1 aliphatic rings. The van der Waals surface area contributed by atoms with Crippen molar-refractivity contribution in [2.75, 3.05) is 13.1 Å². The highest BCUT2D eigenvalue weighted by Gasteiger charge is 2.28. The molecule has 4 heteroatoms. The Kier molecular flexibility index (Phi) is 2.53. The van der Waals surface area contributed by atoms with Gasteiger partial charge in [0, 0.05) is 11.1 Å². The molecule has 3 rings (SSSR count). The van der Waals surface area contributed by atoms with Crippen molar-refractivity contribution in [3.05, 3.63) is 30.0 Å². The fourth-order valence-electron chi connectivity index (χ4n) is 2.70. The normalized spacial score (nSPS) is 24.5. The van der Waals surface area contributed by atoms with Crippen LogP contribution in [0.3, 0.4) is 0 Å². The Labute approximate surface area is 99.8 Å². The van der Waals surface area contributed by atoms with Gasteiger partial charge in [0.1, 0.15) is 5.75 Å². The van der Waals surface area contributed by atoms with Crippen molar-refractivity contribution in [1.82, 2.24) is 10.3 Å². The zero-order valence-corrected chi connectivity index (χ0v) is 9.61. The molecule has 0 bridgehead atoms. The van der Waals surface area contributed by atoms with Crippen molar-refractivity contribution in [1.29, 1.82) is 0 Å². The molecule has 1 aliphatic heterocycles. The molecule has 0 amide bonds. The molecule has 90 valence electrons. The number of phenolic OH excluding ortho intramolecular Hbond substituents is 1. The van der Waals surface area contributed by atoms with Gasteiger partial charge in [-0.1, -0.05) is 12.1 Å². The number of phenols is 1. The van der Waals surface area contributed by atoms with E-state index in [2.05, 4.69) is 16.4 Å². The molecular weight excluding hydrogens is 214 g/mol. The second-order valence-corrected chi connectivity index (χ2v) is 4.68. The summed E-state index contributed by atoms with van der Waals surface area (Å²) in [5.41, 5.74) is 7.71. The maximum Gasteiger partial charge on any atom is 0.139 e. The lowest BCUT2D eigenvalue weighted by molar-refractivity contribution is 0.464. The highest BCUT2D eigenvalue weighted by atomic mass is 16.3. The maximum atomic E-state index is 9.77. The second-order valence-electron chi connectivity index (χ2n) is 4.68. The Morgan fingerprint density at radius 1 is 1.41 bits per heavy atom. The highest BCUT2D eigenvalue weighted by Crippen LogP contribution is 2.32. The molecule has 2 unspecified atom stereocenters. The number of aromatic hydroxyl groups is 1. The van der Waals surface area contributed by atoms with E-state index in [-0.39, 0.29) is 6.04 Å². The number of hydrogen-bond acceptors (Lipinski definition) is 3. The number of para-hydroxylation sites is 1. The van der Waals surface area contributed by atoms with E-state index in [0.29, 0.717) is 18.2 Å². The van der Waals surface area contributed by atoms with Crippen LogP contribution in [0.4, 0.5) is 0 Å². The van der Waals surface area contributed by atoms with Gasteiger partial charge < -0.3 is 21.1 Å². The molecule has 2 heterocycles. The smallest absolute Gasteiger partial charge is 0.139 e. The predicted molar refractivity (Wildman–Crippen MR) is 67.9 cm³/mol. The summed E-state index contributed by atoms with van der Waals surface area (Å²) in [4.78, 5) is 3.30. The average molecular weight is 231 g/mol. The van der Waals surface area contributed by atoms with Gasteiger partial charge in [0.2, 0.25) is 0 Å². The summed E-state index contributed by atoms with van der Waals surface area (Å²) >= 11 is 0. The van der Waals surface area contributed by atoms with E-state index >= 15 is 0 Å². The lowest BCUT2D eigenvalue weighted by Gasteiger charge is -2.16. The fraction of sp³-hybridized carbons (Fsp3) is 0.385. The molecule has 0 radical (unpaired) electrons. The molecule has 2 atom stereocenters. The first-order valence-corrected chi connectivity index (χ1v) is 6.03. The van der Waals surface area contributed by atoms with Crippen molar-refractivity contribution >= 4 is 10.9 Å². The summed E-state index contributed by atoms with van der Waals surface area (Å²) < 4.78 is 0. The van der Waals surface area contributed by atoms with Crippen LogP contribution < -0.4 is 11.1 Å². The largest absolute Gasteiger partial charge is 0.506 e. The summed E-state index contributed by atoms with van der Waals surface area (Å²) in [6.07, 6.45) is 1.11. The first kappa shape index (κ1) is 10.6. The number of nitrogens with one attached hydrogen (secondary N) is 2. The Morgan fingerprint density at radius 2 is 2.29 bits per heavy atom. The number of aromatic amines is 1. The topological polar surface area (TPSA) is 74.1 Å². The van der Waals surface area contributed by atoms with Crippen molar-refractivity contribution in [3.63, 3.8) is 0 Å². The maximum absolute atomic E-state index is 9.77. The molecule has 1 aromatic carbocycles. The molecule has 1 fully saturated rings. The molecule has 0 aliphatic carbocycles. The predicted octanol–water partition coefficient (Wildman–Crippen LogP) is 1.48. The number of benzene rings is 1. The minimum Gasteiger partial charge on any atom is -0.506 e. The molecule has 0 spiro atoms. The minimum atomic E-state index is 0.284. The van der Waals surface area contributed by atoms with Gasteiger partial charge in [-0.3, -0.25) is 0 Å². The Hall–Kier alpha value is -1.52. The van der Waals surface area contributed by atoms with Gasteiger partial charge in [-0.05, 0) is 37.6 Å². The molecular formula is C13H17N3O. The summed E-state index contributed by atoms with van der Waals surface area (Å²) in [6.45, 7) is 1.70. The third kappa shape index (κ3) is 1.69. The summed E-state index contributed by atoms with van der Waals surface area (Å²) in [7, 11) is 0. The summed E-state index contributed by atoms with van der Waals surface area (Å²) in [6, 6.07) is 7.94. The number of nitrogens with two attached hydrogens (primary N) is 1. The van der Waals surface area contributed by atoms with Crippen LogP contribution in [0.1, 0.15) is 18.2 Å². The monoisotopic (exact) mass is 231 g/mol. The van der Waals surface area contributed by atoms with Crippen molar-refractivity contribution < 1.29 is 5.11 Å². The van der Waals surface area contributed by atoms with Crippen LogP contribution in [0.5, 0.6) is 5.75 Å². The number of hydrogen-bond donors (Lipinski definition) is 4. The van der Waals surface area contributed by atoms with E-state index in [4.69, 9.17) is 5.73 Å². The summed E-state index contributed by atoms with van der Waals surface area (Å²) in [5.74, 6) is 0.779.